The molecule has 0 aromatic rings. The van der Waals surface area contributed by atoms with Crippen LogP contribution in [0.2, 0.25) is 0 Å². The molecule has 2 atom stereocenters. The van der Waals surface area contributed by atoms with Gasteiger partial charge in [-0.25, -0.2) is 0 Å². The van der Waals surface area contributed by atoms with Gasteiger partial charge >= 0.3 is 5.97 Å². The van der Waals surface area contributed by atoms with Gasteiger partial charge in [-0.05, 0) is 12.8 Å². The van der Waals surface area contributed by atoms with Crippen molar-refractivity contribution in [3.05, 3.63) is 0 Å². The Morgan fingerprint density at radius 2 is 2.40 bits per heavy atom. The van der Waals surface area contributed by atoms with Crippen molar-refractivity contribution in [1.82, 2.24) is 4.90 Å². The molecule has 0 saturated carbocycles. The number of methoxy groups -OCH3 is 1. The molecule has 2 heterocycles. The van der Waals surface area contributed by atoms with Gasteiger partial charge in [0, 0.05) is 6.04 Å². The Hall–Kier alpha value is -1.10. The Balaban J connectivity index is 2.01. The first-order chi connectivity index (χ1) is 7.22. The van der Waals surface area contributed by atoms with Crippen LogP contribution in [0.25, 0.3) is 0 Å². The van der Waals surface area contributed by atoms with E-state index in [1.165, 1.54) is 7.11 Å². The van der Waals surface area contributed by atoms with E-state index in [1.807, 2.05) is 0 Å². The van der Waals surface area contributed by atoms with Gasteiger partial charge in [0.2, 0.25) is 5.91 Å². The van der Waals surface area contributed by atoms with E-state index in [0.717, 1.165) is 12.8 Å². The third kappa shape index (κ3) is 1.97. The number of morpholine rings is 1. The van der Waals surface area contributed by atoms with E-state index in [2.05, 4.69) is 4.74 Å². The quantitative estimate of drug-likeness (QED) is 0.603. The van der Waals surface area contributed by atoms with Crippen LogP contribution in [0.15, 0.2) is 0 Å². The Morgan fingerprint density at radius 1 is 1.60 bits per heavy atom. The number of hydrogen-bond acceptors (Lipinski definition) is 4. The second kappa shape index (κ2) is 4.18. The maximum Gasteiger partial charge on any atom is 0.307 e. The molecular formula is C10H15NO4. The van der Waals surface area contributed by atoms with Gasteiger partial charge in [0.05, 0.1) is 26.2 Å². The highest BCUT2D eigenvalue weighted by Gasteiger charge is 2.40. The molecule has 15 heavy (non-hydrogen) atoms. The first-order valence-corrected chi connectivity index (χ1v) is 5.18. The molecule has 5 nitrogen and oxygen atoms in total. The van der Waals surface area contributed by atoms with Gasteiger partial charge in [-0.1, -0.05) is 0 Å². The minimum Gasteiger partial charge on any atom is -0.469 e. The Labute approximate surface area is 88.3 Å². The average Bonchev–Trinajstić information content (AvgIpc) is 2.63. The lowest BCUT2D eigenvalue weighted by molar-refractivity contribution is -0.150. The van der Waals surface area contributed by atoms with Crippen LogP contribution in [-0.2, 0) is 19.1 Å². The SMILES string of the molecule is COC(=O)C[C@@H]1CC[C@H]2COCC(=O)N21. The summed E-state index contributed by atoms with van der Waals surface area (Å²) in [5, 5.41) is 0. The zero-order valence-corrected chi connectivity index (χ0v) is 8.77. The zero-order valence-electron chi connectivity index (χ0n) is 8.77. The van der Waals surface area contributed by atoms with E-state index >= 15 is 0 Å². The molecule has 2 saturated heterocycles. The Kier molecular flexibility index (Phi) is 2.90. The molecular weight excluding hydrogens is 198 g/mol. The molecule has 0 bridgehead atoms. The van der Waals surface area contributed by atoms with Crippen molar-refractivity contribution < 1.29 is 19.1 Å². The number of esters is 1. The van der Waals surface area contributed by atoms with E-state index < -0.39 is 0 Å². The Morgan fingerprint density at radius 3 is 3.13 bits per heavy atom. The maximum absolute atomic E-state index is 11.6. The standard InChI is InChI=1S/C10H15NO4/c1-14-10(13)4-7-2-3-8-5-15-6-9(12)11(7)8/h7-8H,2-6H2,1H3/t7-,8-/m0/s1. The van der Waals surface area contributed by atoms with Gasteiger partial charge in [0.1, 0.15) is 6.61 Å². The van der Waals surface area contributed by atoms with Crippen LogP contribution < -0.4 is 0 Å². The van der Waals surface area contributed by atoms with E-state index in [1.54, 1.807) is 4.90 Å². The molecule has 2 fully saturated rings. The first-order valence-electron chi connectivity index (χ1n) is 5.18. The number of amides is 1. The van der Waals surface area contributed by atoms with Crippen molar-refractivity contribution in [1.29, 1.82) is 0 Å². The van der Waals surface area contributed by atoms with Crippen LogP contribution in [0, 0.1) is 0 Å². The second-order valence-electron chi connectivity index (χ2n) is 3.98. The van der Waals surface area contributed by atoms with E-state index in [4.69, 9.17) is 4.74 Å². The minimum atomic E-state index is -0.250. The third-order valence-electron chi connectivity index (χ3n) is 3.07. The fourth-order valence-electron chi connectivity index (χ4n) is 2.36. The number of nitrogens with zero attached hydrogens (tertiary/aromatic N) is 1. The molecule has 0 aromatic carbocycles. The van der Waals surface area contributed by atoms with Gasteiger partial charge in [-0.2, -0.15) is 0 Å². The van der Waals surface area contributed by atoms with Crippen LogP contribution in [0.5, 0.6) is 0 Å². The summed E-state index contributed by atoms with van der Waals surface area (Å²) >= 11 is 0. The molecule has 2 rings (SSSR count). The largest absolute Gasteiger partial charge is 0.469 e. The second-order valence-corrected chi connectivity index (χ2v) is 3.98. The number of fused-ring (bicyclic) bond motifs is 1. The van der Waals surface area contributed by atoms with Gasteiger partial charge in [0.15, 0.2) is 0 Å². The number of rotatable bonds is 2. The predicted molar refractivity (Wildman–Crippen MR) is 51.1 cm³/mol. The molecule has 0 spiro atoms. The molecule has 2 aliphatic rings. The van der Waals surface area contributed by atoms with Crippen LogP contribution in [-0.4, -0.2) is 49.2 Å². The molecule has 1 amide bonds. The van der Waals surface area contributed by atoms with Crippen LogP contribution in [0.1, 0.15) is 19.3 Å². The number of carbonyl (C=O) groups excluding carboxylic acids is 2. The van der Waals surface area contributed by atoms with Crippen molar-refractivity contribution in [3.8, 4) is 0 Å². The smallest absolute Gasteiger partial charge is 0.307 e. The summed E-state index contributed by atoms with van der Waals surface area (Å²) in [6.45, 7) is 0.748. The number of hydrogen-bond donors (Lipinski definition) is 0. The van der Waals surface area contributed by atoms with E-state index in [-0.39, 0.29) is 30.6 Å². The normalized spacial score (nSPS) is 30.2. The van der Waals surface area contributed by atoms with Crippen molar-refractivity contribution in [3.63, 3.8) is 0 Å². The average molecular weight is 213 g/mol. The van der Waals surface area contributed by atoms with Gasteiger partial charge in [0.25, 0.3) is 0 Å². The topological polar surface area (TPSA) is 55.8 Å². The summed E-state index contributed by atoms with van der Waals surface area (Å²) in [4.78, 5) is 24.6. The predicted octanol–water partition coefficient (Wildman–Crippen LogP) is -0.0607. The molecule has 0 radical (unpaired) electrons. The highest BCUT2D eigenvalue weighted by molar-refractivity contribution is 5.80. The summed E-state index contributed by atoms with van der Waals surface area (Å²) in [7, 11) is 1.37. The van der Waals surface area contributed by atoms with Crippen molar-refractivity contribution in [2.45, 2.75) is 31.3 Å². The van der Waals surface area contributed by atoms with Crippen molar-refractivity contribution >= 4 is 11.9 Å². The van der Waals surface area contributed by atoms with E-state index in [0.29, 0.717) is 13.0 Å². The molecule has 0 aliphatic carbocycles. The molecule has 0 N–H and O–H groups in total. The summed E-state index contributed by atoms with van der Waals surface area (Å²) in [5.41, 5.74) is 0. The molecule has 5 heteroatoms. The lowest BCUT2D eigenvalue weighted by atomic mass is 10.1. The fourth-order valence-corrected chi connectivity index (χ4v) is 2.36. The molecule has 2 aliphatic heterocycles. The summed E-state index contributed by atoms with van der Waals surface area (Å²) in [6.07, 6.45) is 2.10. The third-order valence-corrected chi connectivity index (χ3v) is 3.07. The van der Waals surface area contributed by atoms with Crippen LogP contribution in [0.4, 0.5) is 0 Å². The number of carbonyl (C=O) groups is 2. The highest BCUT2D eigenvalue weighted by Crippen LogP contribution is 2.29. The van der Waals surface area contributed by atoms with E-state index in [9.17, 15) is 9.59 Å². The van der Waals surface area contributed by atoms with Gasteiger partial charge in [-0.3, -0.25) is 9.59 Å². The highest BCUT2D eigenvalue weighted by atomic mass is 16.5. The molecule has 0 unspecified atom stereocenters. The van der Waals surface area contributed by atoms with Crippen LogP contribution >= 0.6 is 0 Å². The minimum absolute atomic E-state index is 0.00217. The van der Waals surface area contributed by atoms with Gasteiger partial charge < -0.3 is 14.4 Å². The molecule has 0 aromatic heterocycles. The van der Waals surface area contributed by atoms with Crippen molar-refractivity contribution in [2.24, 2.45) is 0 Å². The summed E-state index contributed by atoms with van der Waals surface area (Å²) in [6, 6.07) is 0.180. The molecule has 84 valence electrons. The monoisotopic (exact) mass is 213 g/mol. The first kappa shape index (κ1) is 10.4. The Bertz CT molecular complexity index is 279. The summed E-state index contributed by atoms with van der Waals surface area (Å²) < 4.78 is 9.79. The lowest BCUT2D eigenvalue weighted by Crippen LogP contribution is -2.49. The number of ether oxygens (including phenoxy) is 2. The maximum atomic E-state index is 11.6. The fraction of sp³-hybridized carbons (Fsp3) is 0.800. The zero-order chi connectivity index (χ0) is 10.8. The lowest BCUT2D eigenvalue weighted by Gasteiger charge is -2.33. The summed E-state index contributed by atoms with van der Waals surface area (Å²) in [5.74, 6) is -0.252. The van der Waals surface area contributed by atoms with Crippen LogP contribution in [0.3, 0.4) is 0 Å². The van der Waals surface area contributed by atoms with Gasteiger partial charge in [-0.15, -0.1) is 0 Å². The van der Waals surface area contributed by atoms with Crippen molar-refractivity contribution in [2.75, 3.05) is 20.3 Å².